The standard InChI is InChI=1S/C22H21NO3/c24-20-8-4-7-19-22(20)18(13-21(25)23-19)16-9-11-17(12-10-16)26-14-15-5-2-1-3-6-15/h1-3,5-6,9-12,18H,4,7-8,13-14H2,(H,23,25)/t18-/m1/s1. The third-order valence-corrected chi connectivity index (χ3v) is 5.02. The third-order valence-electron chi connectivity index (χ3n) is 5.02. The second-order valence-electron chi connectivity index (χ2n) is 6.82. The van der Waals surface area contributed by atoms with Crippen molar-refractivity contribution in [3.63, 3.8) is 0 Å². The van der Waals surface area contributed by atoms with Crippen LogP contribution in [0.5, 0.6) is 5.75 Å². The molecule has 4 rings (SSSR count). The van der Waals surface area contributed by atoms with Gasteiger partial charge in [-0.25, -0.2) is 0 Å². The van der Waals surface area contributed by atoms with Gasteiger partial charge < -0.3 is 10.1 Å². The number of carbonyl (C=O) groups excluding carboxylic acids is 2. The Morgan fingerprint density at radius 1 is 0.962 bits per heavy atom. The van der Waals surface area contributed by atoms with Gasteiger partial charge in [0.25, 0.3) is 0 Å². The van der Waals surface area contributed by atoms with E-state index in [-0.39, 0.29) is 17.6 Å². The van der Waals surface area contributed by atoms with Crippen molar-refractivity contribution in [2.75, 3.05) is 0 Å². The largest absolute Gasteiger partial charge is 0.489 e. The molecule has 2 aromatic carbocycles. The SMILES string of the molecule is O=C1C[C@H](c2ccc(OCc3ccccc3)cc2)C2=C(CCCC2=O)N1. The minimum atomic E-state index is -0.144. The van der Waals surface area contributed by atoms with Gasteiger partial charge in [-0.1, -0.05) is 42.5 Å². The molecule has 2 aliphatic rings. The first-order chi connectivity index (χ1) is 12.7. The molecule has 1 N–H and O–H groups in total. The number of ketones is 1. The van der Waals surface area contributed by atoms with Crippen LogP contribution in [0.4, 0.5) is 0 Å². The molecule has 0 bridgehead atoms. The van der Waals surface area contributed by atoms with Gasteiger partial charge in [-0.2, -0.15) is 0 Å². The molecule has 0 unspecified atom stereocenters. The van der Waals surface area contributed by atoms with Crippen molar-refractivity contribution in [2.45, 2.75) is 38.2 Å². The molecule has 0 saturated heterocycles. The summed E-state index contributed by atoms with van der Waals surface area (Å²) in [7, 11) is 0. The summed E-state index contributed by atoms with van der Waals surface area (Å²) in [6, 6.07) is 17.8. The summed E-state index contributed by atoms with van der Waals surface area (Å²) in [6.45, 7) is 0.514. The zero-order chi connectivity index (χ0) is 17.9. The Labute approximate surface area is 152 Å². The van der Waals surface area contributed by atoms with Gasteiger partial charge in [-0.05, 0) is 36.1 Å². The van der Waals surface area contributed by atoms with Crippen LogP contribution in [0, 0.1) is 0 Å². The Bertz CT molecular complexity index is 853. The first-order valence-corrected chi connectivity index (χ1v) is 9.03. The second-order valence-corrected chi connectivity index (χ2v) is 6.82. The van der Waals surface area contributed by atoms with E-state index in [1.165, 1.54) is 0 Å². The van der Waals surface area contributed by atoms with Crippen molar-refractivity contribution in [3.05, 3.63) is 77.0 Å². The molecule has 1 aliphatic carbocycles. The zero-order valence-electron chi connectivity index (χ0n) is 14.5. The molecule has 1 heterocycles. The molecule has 132 valence electrons. The van der Waals surface area contributed by atoms with Crippen LogP contribution >= 0.6 is 0 Å². The van der Waals surface area contributed by atoms with Crippen molar-refractivity contribution >= 4 is 11.7 Å². The molecule has 1 aliphatic heterocycles. The molecule has 26 heavy (non-hydrogen) atoms. The summed E-state index contributed by atoms with van der Waals surface area (Å²) < 4.78 is 5.83. The fourth-order valence-electron chi connectivity index (χ4n) is 3.73. The number of ether oxygens (including phenoxy) is 1. The van der Waals surface area contributed by atoms with Gasteiger partial charge >= 0.3 is 0 Å². The smallest absolute Gasteiger partial charge is 0.225 e. The molecule has 4 heteroatoms. The number of hydrogen-bond donors (Lipinski definition) is 1. The highest BCUT2D eigenvalue weighted by atomic mass is 16.5. The number of Topliss-reactive ketones (excluding diaryl/α,β-unsaturated/α-hetero) is 1. The predicted octanol–water partition coefficient (Wildman–Crippen LogP) is 3.88. The lowest BCUT2D eigenvalue weighted by molar-refractivity contribution is -0.122. The first-order valence-electron chi connectivity index (χ1n) is 9.03. The van der Waals surface area contributed by atoms with Crippen LogP contribution < -0.4 is 10.1 Å². The van der Waals surface area contributed by atoms with Crippen molar-refractivity contribution in [3.8, 4) is 5.75 Å². The number of hydrogen-bond acceptors (Lipinski definition) is 3. The van der Waals surface area contributed by atoms with E-state index in [0.29, 0.717) is 19.4 Å². The lowest BCUT2D eigenvalue weighted by atomic mass is 9.78. The summed E-state index contributed by atoms with van der Waals surface area (Å²) in [5.41, 5.74) is 3.73. The van der Waals surface area contributed by atoms with E-state index in [4.69, 9.17) is 4.74 Å². The van der Waals surface area contributed by atoms with E-state index in [1.54, 1.807) is 0 Å². The van der Waals surface area contributed by atoms with E-state index < -0.39 is 0 Å². The minimum Gasteiger partial charge on any atom is -0.489 e. The number of allylic oxidation sites excluding steroid dienone is 2. The van der Waals surface area contributed by atoms with Gasteiger partial charge in [-0.3, -0.25) is 9.59 Å². The van der Waals surface area contributed by atoms with Crippen LogP contribution in [0.25, 0.3) is 0 Å². The molecular formula is C22H21NO3. The van der Waals surface area contributed by atoms with Crippen LogP contribution in [0.3, 0.4) is 0 Å². The number of amides is 1. The Morgan fingerprint density at radius 2 is 1.73 bits per heavy atom. The van der Waals surface area contributed by atoms with Crippen LogP contribution in [0.15, 0.2) is 65.9 Å². The summed E-state index contributed by atoms with van der Waals surface area (Å²) in [6.07, 6.45) is 2.50. The van der Waals surface area contributed by atoms with Gasteiger partial charge in [0.05, 0.1) is 0 Å². The van der Waals surface area contributed by atoms with E-state index in [9.17, 15) is 9.59 Å². The maximum Gasteiger partial charge on any atom is 0.225 e. The summed E-state index contributed by atoms with van der Waals surface area (Å²) in [5.74, 6) is 0.797. The van der Waals surface area contributed by atoms with Crippen LogP contribution in [-0.2, 0) is 16.2 Å². The molecule has 1 amide bonds. The molecule has 4 nitrogen and oxygen atoms in total. The quantitative estimate of drug-likeness (QED) is 0.913. The van der Waals surface area contributed by atoms with Gasteiger partial charge in [0.1, 0.15) is 12.4 Å². The molecule has 0 aromatic heterocycles. The Hall–Kier alpha value is -2.88. The van der Waals surface area contributed by atoms with Crippen molar-refractivity contribution in [1.82, 2.24) is 5.32 Å². The van der Waals surface area contributed by atoms with Crippen LogP contribution in [0.2, 0.25) is 0 Å². The maximum absolute atomic E-state index is 12.4. The monoisotopic (exact) mass is 347 g/mol. The number of nitrogens with one attached hydrogen (secondary N) is 1. The highest BCUT2D eigenvalue weighted by molar-refractivity contribution is 6.01. The Kier molecular flexibility index (Phi) is 4.57. The van der Waals surface area contributed by atoms with E-state index >= 15 is 0 Å². The number of carbonyl (C=O) groups is 2. The normalized spacial score (nSPS) is 19.8. The van der Waals surface area contributed by atoms with E-state index in [2.05, 4.69) is 5.32 Å². The lowest BCUT2D eigenvalue weighted by Gasteiger charge is -2.31. The molecule has 0 radical (unpaired) electrons. The number of rotatable bonds is 4. The molecule has 0 saturated carbocycles. The van der Waals surface area contributed by atoms with Gasteiger partial charge in [0.15, 0.2) is 5.78 Å². The third kappa shape index (κ3) is 3.40. The zero-order valence-corrected chi connectivity index (χ0v) is 14.5. The van der Waals surface area contributed by atoms with Crippen molar-refractivity contribution in [1.29, 1.82) is 0 Å². The molecule has 0 spiro atoms. The highest BCUT2D eigenvalue weighted by Gasteiger charge is 2.34. The van der Waals surface area contributed by atoms with Gasteiger partial charge in [0, 0.05) is 30.0 Å². The Morgan fingerprint density at radius 3 is 2.50 bits per heavy atom. The summed E-state index contributed by atoms with van der Waals surface area (Å²) in [4.78, 5) is 24.5. The van der Waals surface area contributed by atoms with Gasteiger partial charge in [-0.15, -0.1) is 0 Å². The Balaban J connectivity index is 1.52. The second kappa shape index (κ2) is 7.16. The van der Waals surface area contributed by atoms with E-state index in [1.807, 2.05) is 54.6 Å². The average Bonchev–Trinajstić information content (AvgIpc) is 2.67. The lowest BCUT2D eigenvalue weighted by Crippen LogP contribution is -2.36. The highest BCUT2D eigenvalue weighted by Crippen LogP contribution is 2.38. The predicted molar refractivity (Wildman–Crippen MR) is 98.6 cm³/mol. The summed E-state index contributed by atoms with van der Waals surface area (Å²) in [5, 5.41) is 2.89. The maximum atomic E-state index is 12.4. The fraction of sp³-hybridized carbons (Fsp3) is 0.273. The summed E-state index contributed by atoms with van der Waals surface area (Å²) >= 11 is 0. The molecule has 0 fully saturated rings. The average molecular weight is 347 g/mol. The molecule has 2 aromatic rings. The molecular weight excluding hydrogens is 326 g/mol. The minimum absolute atomic E-state index is 0.00662. The van der Waals surface area contributed by atoms with Gasteiger partial charge in [0.2, 0.25) is 5.91 Å². The van der Waals surface area contributed by atoms with Crippen molar-refractivity contribution in [2.24, 2.45) is 0 Å². The fourth-order valence-corrected chi connectivity index (χ4v) is 3.73. The van der Waals surface area contributed by atoms with Crippen LogP contribution in [-0.4, -0.2) is 11.7 Å². The van der Waals surface area contributed by atoms with Crippen molar-refractivity contribution < 1.29 is 14.3 Å². The topological polar surface area (TPSA) is 55.4 Å². The van der Waals surface area contributed by atoms with Crippen LogP contribution in [0.1, 0.15) is 42.7 Å². The molecule has 1 atom stereocenters. The number of benzene rings is 2. The first kappa shape index (κ1) is 16.6. The van der Waals surface area contributed by atoms with E-state index in [0.717, 1.165) is 41.0 Å².